The van der Waals surface area contributed by atoms with Crippen LogP contribution >= 0.6 is 30.7 Å². The molecule has 1 nitrogen and oxygen atoms in total. The van der Waals surface area contributed by atoms with Gasteiger partial charge in [0.2, 0.25) is 0 Å². The smallest absolute Gasteiger partial charge is 0.142 e. The number of halogens is 1. The van der Waals surface area contributed by atoms with E-state index in [9.17, 15) is 0 Å². The third-order valence-electron chi connectivity index (χ3n) is 7.31. The Hall–Kier alpha value is -3.07. The Kier molecular flexibility index (Phi) is 10.4. The molecule has 1 N–H and O–H groups in total. The molecule has 0 spiro atoms. The van der Waals surface area contributed by atoms with Crippen molar-refractivity contribution in [3.8, 4) is 0 Å². The van der Waals surface area contributed by atoms with Crippen LogP contribution in [0.25, 0.3) is 0 Å². The summed E-state index contributed by atoms with van der Waals surface area (Å²) in [6.07, 6.45) is 0. The Balaban J connectivity index is 0.00000353. The van der Waals surface area contributed by atoms with Crippen LogP contribution in [0, 0.1) is 0 Å². The van der Waals surface area contributed by atoms with E-state index >= 15 is 0 Å². The van der Waals surface area contributed by atoms with Gasteiger partial charge in [-0.05, 0) is 72.8 Å². The van der Waals surface area contributed by atoms with E-state index < -0.39 is 13.9 Å². The van der Waals surface area contributed by atoms with Gasteiger partial charge in [-0.1, -0.05) is 109 Å². The largest absolute Gasteiger partial charge is 0.269 e. The normalized spacial score (nSPS) is 12.0. The van der Waals surface area contributed by atoms with Crippen LogP contribution in [0.3, 0.4) is 0 Å². The van der Waals surface area contributed by atoms with Crippen LogP contribution in [0.5, 0.6) is 0 Å². The van der Waals surface area contributed by atoms with Gasteiger partial charge in [-0.3, -0.25) is 4.70 Å². The van der Waals surface area contributed by atoms with E-state index in [-0.39, 0.29) is 4.70 Å². The van der Waals surface area contributed by atoms with Gasteiger partial charge in [0.1, 0.15) is 62.6 Å². The average Bonchev–Trinajstić information content (AvgIpc) is 3.08. The third-order valence-corrected chi connectivity index (χ3v) is 24.0. The van der Waals surface area contributed by atoms with Crippen LogP contribution in [-0.2, 0) is 0 Å². The lowest BCUT2D eigenvalue weighted by Crippen LogP contribution is -2.31. The van der Waals surface area contributed by atoms with E-state index in [1.165, 1.54) is 31.8 Å². The molecule has 0 amide bonds. The zero-order chi connectivity index (χ0) is 27.8. The molecule has 0 aliphatic rings. The van der Waals surface area contributed by atoms with Gasteiger partial charge < -0.3 is 0 Å². The first-order valence-corrected chi connectivity index (χ1v) is 21.0. The topological polar surface area (TPSA) is 12.0 Å². The fraction of sp³-hybridized carbons (Fsp3) is 0. The highest BCUT2D eigenvalue weighted by Crippen LogP contribution is 2.76. The number of rotatable bonds is 10. The van der Waals surface area contributed by atoms with Crippen molar-refractivity contribution in [1.29, 1.82) is 0 Å². The molecule has 42 heavy (non-hydrogen) atoms. The van der Waals surface area contributed by atoms with Gasteiger partial charge in [0.25, 0.3) is 0 Å². The van der Waals surface area contributed by atoms with E-state index in [1.807, 2.05) is 0 Å². The zero-order valence-electron chi connectivity index (χ0n) is 23.1. The summed E-state index contributed by atoms with van der Waals surface area (Å²) in [4.78, 5) is 4.21. The van der Waals surface area contributed by atoms with Gasteiger partial charge in [-0.2, -0.15) is 0 Å². The maximum Gasteiger partial charge on any atom is 0.142 e. The second-order valence-corrected chi connectivity index (χ2v) is 22.3. The minimum Gasteiger partial charge on any atom is -0.269 e. The highest BCUT2D eigenvalue weighted by atomic mass is 32.1. The molecule has 6 rings (SSSR count). The molecule has 0 fully saturated rings. The molecular formula is C36H34FNP4+2. The molecule has 0 saturated heterocycles. The van der Waals surface area contributed by atoms with E-state index in [0.29, 0.717) is 16.8 Å². The fourth-order valence-corrected chi connectivity index (χ4v) is 23.0. The maximum atomic E-state index is 4.21. The van der Waals surface area contributed by atoms with Gasteiger partial charge in [-0.15, -0.1) is 0 Å². The molecule has 0 radical (unpaired) electrons. The van der Waals surface area contributed by atoms with Crippen molar-refractivity contribution < 1.29 is 4.70 Å². The van der Waals surface area contributed by atoms with Gasteiger partial charge in [-0.25, -0.2) is 4.86 Å². The lowest BCUT2D eigenvalue weighted by molar-refractivity contribution is 1.11. The molecule has 6 aromatic carbocycles. The molecule has 6 aromatic rings. The SMILES string of the molecule is F.c1ccc([P+](PNP[P+](c2ccccc2)(c2ccccc2)c2ccccc2)(c2ccccc2)c2ccccc2)cc1. The first-order chi connectivity index (χ1) is 20.3. The summed E-state index contributed by atoms with van der Waals surface area (Å²) in [5.41, 5.74) is 0. The summed E-state index contributed by atoms with van der Waals surface area (Å²) in [5.74, 6) is 0. The van der Waals surface area contributed by atoms with Crippen molar-refractivity contribution in [2.24, 2.45) is 0 Å². The second-order valence-electron chi connectivity index (χ2n) is 9.70. The van der Waals surface area contributed by atoms with E-state index in [4.69, 9.17) is 0 Å². The van der Waals surface area contributed by atoms with Crippen LogP contribution < -0.4 is 36.7 Å². The van der Waals surface area contributed by atoms with Gasteiger partial charge in [0, 0.05) is 0 Å². The Morgan fingerprint density at radius 1 is 0.286 bits per heavy atom. The maximum absolute atomic E-state index is 4.21. The molecule has 0 heterocycles. The Morgan fingerprint density at radius 3 is 0.619 bits per heavy atom. The molecule has 0 aliphatic carbocycles. The van der Waals surface area contributed by atoms with Crippen molar-refractivity contribution >= 4 is 62.6 Å². The molecule has 0 bridgehead atoms. The van der Waals surface area contributed by atoms with E-state index in [0.717, 1.165) is 0 Å². The number of nitrogens with one attached hydrogen (secondary N) is 1. The molecule has 0 aromatic heterocycles. The lowest BCUT2D eigenvalue weighted by atomic mass is 10.4. The molecule has 0 aliphatic heterocycles. The molecular weight excluding hydrogens is 589 g/mol. The van der Waals surface area contributed by atoms with Crippen molar-refractivity contribution in [2.75, 3.05) is 0 Å². The highest BCUT2D eigenvalue weighted by molar-refractivity contribution is 8.47. The summed E-state index contributed by atoms with van der Waals surface area (Å²) >= 11 is 0. The van der Waals surface area contributed by atoms with Crippen molar-refractivity contribution in [1.82, 2.24) is 4.86 Å². The monoisotopic (exact) mass is 623 g/mol. The lowest BCUT2D eigenvalue weighted by Gasteiger charge is -2.30. The highest BCUT2D eigenvalue weighted by Gasteiger charge is 2.50. The summed E-state index contributed by atoms with van der Waals surface area (Å²) in [6, 6.07) is 67.1. The quantitative estimate of drug-likeness (QED) is 0.154. The van der Waals surface area contributed by atoms with Gasteiger partial charge in [0.05, 0.1) is 0 Å². The zero-order valence-corrected chi connectivity index (χ0v) is 26.9. The minimum atomic E-state index is -1.97. The fourth-order valence-electron chi connectivity index (χ4n) is 5.38. The van der Waals surface area contributed by atoms with E-state index in [2.05, 4.69) is 187 Å². The Bertz CT molecular complexity index is 1320. The molecule has 2 atom stereocenters. The predicted molar refractivity (Wildman–Crippen MR) is 193 cm³/mol. The van der Waals surface area contributed by atoms with Crippen LogP contribution in [0.2, 0.25) is 0 Å². The third kappa shape index (κ3) is 6.03. The first-order valence-electron chi connectivity index (χ1n) is 13.8. The minimum absolute atomic E-state index is 0. The van der Waals surface area contributed by atoms with Crippen molar-refractivity contribution in [3.63, 3.8) is 0 Å². The van der Waals surface area contributed by atoms with Gasteiger partial charge >= 0.3 is 0 Å². The first kappa shape index (κ1) is 30.4. The van der Waals surface area contributed by atoms with E-state index in [1.54, 1.807) is 0 Å². The number of benzene rings is 6. The summed E-state index contributed by atoms with van der Waals surface area (Å²) in [5, 5.41) is 8.48. The van der Waals surface area contributed by atoms with Crippen LogP contribution in [-0.4, -0.2) is 0 Å². The van der Waals surface area contributed by atoms with Gasteiger partial charge in [0.15, 0.2) is 0 Å². The Labute approximate surface area is 253 Å². The van der Waals surface area contributed by atoms with Crippen LogP contribution in [0.15, 0.2) is 182 Å². The molecule has 0 saturated carbocycles. The summed E-state index contributed by atoms with van der Waals surface area (Å²) < 4.78 is 0. The predicted octanol–water partition coefficient (Wildman–Crippen LogP) is 7.73. The molecule has 6 heteroatoms. The molecule has 2 unspecified atom stereocenters. The van der Waals surface area contributed by atoms with Crippen molar-refractivity contribution in [2.45, 2.75) is 0 Å². The van der Waals surface area contributed by atoms with Crippen LogP contribution in [0.1, 0.15) is 0 Å². The summed E-state index contributed by atoms with van der Waals surface area (Å²) in [7, 11) is 1.07. The van der Waals surface area contributed by atoms with Crippen molar-refractivity contribution in [3.05, 3.63) is 182 Å². The second kappa shape index (κ2) is 14.4. The average molecular weight is 624 g/mol. The van der Waals surface area contributed by atoms with Crippen LogP contribution in [0.4, 0.5) is 4.70 Å². The summed E-state index contributed by atoms with van der Waals surface area (Å²) in [6.45, 7) is -3.95. The standard InChI is InChI=1S/C36H33NP4.FH/c1-7-19-31(20-8-1)40(32-21-9-2-10-22-32,33-23-11-3-12-24-33)38-37-39-41(34-25-13-4-14-26-34,35-27-15-5-16-28-35)36-29-17-6-18-30-36;/h1-30,37-39H;1H/q+2;. The molecule has 208 valence electrons. The number of hydrogen-bond acceptors (Lipinski definition) is 1. The Morgan fingerprint density at radius 2 is 0.452 bits per heavy atom. The number of hydrogen-bond donors (Lipinski definition) is 1.